The molecule has 1 aliphatic carbocycles. The summed E-state index contributed by atoms with van der Waals surface area (Å²) in [6.07, 6.45) is 12.8. The van der Waals surface area contributed by atoms with Gasteiger partial charge in [-0.1, -0.05) is 19.1 Å². The molecule has 0 aliphatic heterocycles. The fourth-order valence-electron chi connectivity index (χ4n) is 3.14. The molecule has 1 aliphatic rings. The maximum absolute atomic E-state index is 4.62. The first-order valence-electron chi connectivity index (χ1n) is 8.67. The van der Waals surface area contributed by atoms with E-state index in [0.29, 0.717) is 0 Å². The summed E-state index contributed by atoms with van der Waals surface area (Å²) in [7, 11) is 0. The summed E-state index contributed by atoms with van der Waals surface area (Å²) in [5.41, 5.74) is 7.33. The lowest BCUT2D eigenvalue weighted by Gasteiger charge is -2.16. The Morgan fingerprint density at radius 1 is 1.29 bits per heavy atom. The van der Waals surface area contributed by atoms with Gasteiger partial charge < -0.3 is 0 Å². The summed E-state index contributed by atoms with van der Waals surface area (Å²) in [6.45, 7) is 4.33. The quantitative estimate of drug-likeness (QED) is 0.417. The molecule has 0 atom stereocenters. The van der Waals surface area contributed by atoms with E-state index in [1.807, 2.05) is 24.4 Å². The molecule has 2 aromatic heterocycles. The molecule has 0 N–H and O–H groups in total. The molecule has 0 bridgehead atoms. The molecule has 0 saturated carbocycles. The zero-order valence-electron chi connectivity index (χ0n) is 14.3. The average molecular weight is 430 g/mol. The van der Waals surface area contributed by atoms with E-state index < -0.39 is 0 Å². The highest BCUT2D eigenvalue weighted by atomic mass is 127. The highest BCUT2D eigenvalue weighted by molar-refractivity contribution is 14.1. The van der Waals surface area contributed by atoms with Crippen LogP contribution in [0.3, 0.4) is 0 Å². The lowest BCUT2D eigenvalue weighted by molar-refractivity contribution is 0.702. The van der Waals surface area contributed by atoms with Crippen molar-refractivity contribution in [2.24, 2.45) is 0 Å². The van der Waals surface area contributed by atoms with Crippen LogP contribution < -0.4 is 0 Å². The summed E-state index contributed by atoms with van der Waals surface area (Å²) in [5, 5.41) is 0. The molecule has 0 aromatic carbocycles. The highest BCUT2D eigenvalue weighted by Crippen LogP contribution is 2.29. The van der Waals surface area contributed by atoms with Crippen LogP contribution >= 0.6 is 22.6 Å². The summed E-state index contributed by atoms with van der Waals surface area (Å²) in [5.74, 6) is 0. The Hall–Kier alpha value is -1.49. The average Bonchev–Trinajstić information content (AvgIpc) is 2.62. The fourth-order valence-corrected chi connectivity index (χ4v) is 3.61. The van der Waals surface area contributed by atoms with Crippen molar-refractivity contribution < 1.29 is 0 Å². The van der Waals surface area contributed by atoms with Gasteiger partial charge in [-0.25, -0.2) is 4.98 Å². The molecule has 24 heavy (non-hydrogen) atoms. The van der Waals surface area contributed by atoms with E-state index in [2.05, 4.69) is 64.6 Å². The van der Waals surface area contributed by atoms with E-state index in [0.717, 1.165) is 27.1 Å². The third-order valence-electron chi connectivity index (χ3n) is 4.55. The third kappa shape index (κ3) is 4.12. The largest absolute Gasteiger partial charge is 0.260 e. The van der Waals surface area contributed by atoms with Crippen LogP contribution in [0.4, 0.5) is 0 Å². The summed E-state index contributed by atoms with van der Waals surface area (Å²) < 4.78 is 1.00. The SMILES string of the molecule is CC/C(=C\c1cc(-c2cccc(I)n2)cnc1C)C1=CCCCC1. The number of pyridine rings is 2. The van der Waals surface area contributed by atoms with Gasteiger partial charge in [0.1, 0.15) is 3.70 Å². The normalized spacial score (nSPS) is 15.3. The number of allylic oxidation sites excluding steroid dienone is 3. The molecular weight excluding hydrogens is 407 g/mol. The van der Waals surface area contributed by atoms with Crippen molar-refractivity contribution in [2.75, 3.05) is 0 Å². The van der Waals surface area contributed by atoms with E-state index in [4.69, 9.17) is 0 Å². The topological polar surface area (TPSA) is 25.8 Å². The molecule has 2 nitrogen and oxygen atoms in total. The van der Waals surface area contributed by atoms with Crippen molar-refractivity contribution in [1.29, 1.82) is 0 Å². The molecule has 0 fully saturated rings. The maximum Gasteiger partial charge on any atom is 0.102 e. The molecule has 3 heteroatoms. The minimum absolute atomic E-state index is 0.985. The minimum Gasteiger partial charge on any atom is -0.260 e. The number of rotatable bonds is 4. The molecular formula is C21H23IN2. The van der Waals surface area contributed by atoms with Gasteiger partial charge in [-0.05, 0) is 103 Å². The second kappa shape index (κ2) is 8.06. The first kappa shape index (κ1) is 17.3. The molecule has 0 unspecified atom stereocenters. The maximum atomic E-state index is 4.62. The van der Waals surface area contributed by atoms with Crippen LogP contribution in [0.25, 0.3) is 17.3 Å². The monoisotopic (exact) mass is 430 g/mol. The van der Waals surface area contributed by atoms with Gasteiger partial charge in [0.25, 0.3) is 0 Å². The molecule has 0 spiro atoms. The van der Waals surface area contributed by atoms with Crippen molar-refractivity contribution >= 4 is 28.7 Å². The Balaban J connectivity index is 1.99. The van der Waals surface area contributed by atoms with Crippen LogP contribution in [0.5, 0.6) is 0 Å². The van der Waals surface area contributed by atoms with E-state index in [1.54, 1.807) is 0 Å². The predicted molar refractivity (Wildman–Crippen MR) is 110 cm³/mol. The van der Waals surface area contributed by atoms with Gasteiger partial charge in [-0.15, -0.1) is 0 Å². The number of nitrogens with zero attached hydrogens (tertiary/aromatic N) is 2. The van der Waals surface area contributed by atoms with Gasteiger partial charge >= 0.3 is 0 Å². The van der Waals surface area contributed by atoms with E-state index in [9.17, 15) is 0 Å². The minimum atomic E-state index is 0.985. The van der Waals surface area contributed by atoms with E-state index in [1.165, 1.54) is 42.4 Å². The second-order valence-corrected chi connectivity index (χ2v) is 7.35. The van der Waals surface area contributed by atoms with Gasteiger partial charge in [0.15, 0.2) is 0 Å². The van der Waals surface area contributed by atoms with Crippen LogP contribution in [0.15, 0.2) is 47.7 Å². The highest BCUT2D eigenvalue weighted by Gasteiger charge is 2.10. The standard InChI is InChI=1S/C21H23IN2/c1-3-16(17-8-5-4-6-9-17)12-18-13-19(14-23-15(18)2)20-10-7-11-21(22)24-20/h7-8,10-14H,3-6,9H2,1-2H3/b16-12+. The van der Waals surface area contributed by atoms with Crippen molar-refractivity contribution in [3.05, 3.63) is 62.6 Å². The molecule has 3 rings (SSSR count). The van der Waals surface area contributed by atoms with Gasteiger partial charge in [0.2, 0.25) is 0 Å². The van der Waals surface area contributed by atoms with Gasteiger partial charge in [0.05, 0.1) is 5.69 Å². The molecule has 0 amide bonds. The van der Waals surface area contributed by atoms with Crippen molar-refractivity contribution in [3.8, 4) is 11.3 Å². The Labute approximate surface area is 158 Å². The zero-order chi connectivity index (χ0) is 16.9. The van der Waals surface area contributed by atoms with Gasteiger partial charge in [0, 0.05) is 17.5 Å². The number of aryl methyl sites for hydroxylation is 1. The van der Waals surface area contributed by atoms with E-state index in [-0.39, 0.29) is 0 Å². The number of aromatic nitrogens is 2. The van der Waals surface area contributed by atoms with Crippen LogP contribution in [0, 0.1) is 10.6 Å². The van der Waals surface area contributed by atoms with Gasteiger partial charge in [-0.2, -0.15) is 0 Å². The van der Waals surface area contributed by atoms with Crippen LogP contribution in [-0.4, -0.2) is 9.97 Å². The molecule has 0 radical (unpaired) electrons. The van der Waals surface area contributed by atoms with Crippen LogP contribution in [-0.2, 0) is 0 Å². The smallest absolute Gasteiger partial charge is 0.102 e. The Morgan fingerprint density at radius 3 is 2.88 bits per heavy atom. The van der Waals surface area contributed by atoms with Crippen molar-refractivity contribution in [3.63, 3.8) is 0 Å². The second-order valence-electron chi connectivity index (χ2n) is 6.24. The first-order chi connectivity index (χ1) is 11.7. The number of hydrogen-bond donors (Lipinski definition) is 0. The lowest BCUT2D eigenvalue weighted by atomic mass is 9.90. The third-order valence-corrected chi connectivity index (χ3v) is 5.15. The molecule has 2 aromatic rings. The Morgan fingerprint density at radius 2 is 2.17 bits per heavy atom. The van der Waals surface area contributed by atoms with Crippen LogP contribution in [0.2, 0.25) is 0 Å². The number of halogens is 1. The Bertz CT molecular complexity index is 790. The summed E-state index contributed by atoms with van der Waals surface area (Å²) in [4.78, 5) is 9.23. The van der Waals surface area contributed by atoms with Crippen molar-refractivity contribution in [2.45, 2.75) is 46.0 Å². The lowest BCUT2D eigenvalue weighted by Crippen LogP contribution is -1.97. The zero-order valence-corrected chi connectivity index (χ0v) is 16.5. The van der Waals surface area contributed by atoms with E-state index >= 15 is 0 Å². The fraction of sp³-hybridized carbons (Fsp3) is 0.333. The van der Waals surface area contributed by atoms with Crippen molar-refractivity contribution in [1.82, 2.24) is 9.97 Å². The molecule has 0 saturated heterocycles. The molecule has 2 heterocycles. The molecule has 124 valence electrons. The number of hydrogen-bond acceptors (Lipinski definition) is 2. The summed E-state index contributed by atoms with van der Waals surface area (Å²) >= 11 is 2.25. The Kier molecular flexibility index (Phi) is 5.82. The predicted octanol–water partition coefficient (Wildman–Crippen LogP) is 6.35. The van der Waals surface area contributed by atoms with Gasteiger partial charge in [-0.3, -0.25) is 4.98 Å². The van der Waals surface area contributed by atoms with Crippen LogP contribution in [0.1, 0.15) is 50.3 Å². The first-order valence-corrected chi connectivity index (χ1v) is 9.75. The summed E-state index contributed by atoms with van der Waals surface area (Å²) in [6, 6.07) is 8.33.